The molecule has 0 amide bonds. The Morgan fingerprint density at radius 3 is 2.38 bits per heavy atom. The minimum Gasteiger partial charge on any atom is -0.497 e. The van der Waals surface area contributed by atoms with Gasteiger partial charge < -0.3 is 18.9 Å². The summed E-state index contributed by atoms with van der Waals surface area (Å²) in [4.78, 5) is 24.5. The van der Waals surface area contributed by atoms with Gasteiger partial charge in [-0.3, -0.25) is 4.79 Å². The highest BCUT2D eigenvalue weighted by Gasteiger charge is 2.22. The van der Waals surface area contributed by atoms with E-state index >= 15 is 0 Å². The maximum atomic E-state index is 12.3. The maximum Gasteiger partial charge on any atom is 0.338 e. The maximum absolute atomic E-state index is 12.3. The van der Waals surface area contributed by atoms with Crippen molar-refractivity contribution in [2.75, 3.05) is 13.9 Å². The lowest BCUT2D eigenvalue weighted by Crippen LogP contribution is -2.24. The molecule has 0 spiro atoms. The number of ketones is 1. The lowest BCUT2D eigenvalue weighted by Gasteiger charge is -2.13. The fourth-order valence-electron chi connectivity index (χ4n) is 2.30. The standard InChI is InChI=1S/C18H16O6/c1-11(17(19)12-3-6-14(21-2)7-4-12)24-18(20)13-5-8-15-16(9-13)23-10-22-15/h3-9,11H,10H2,1-2H3/t11-/m1/s1. The van der Waals surface area contributed by atoms with Crippen molar-refractivity contribution in [3.05, 3.63) is 53.6 Å². The molecule has 0 unspecified atom stereocenters. The van der Waals surface area contributed by atoms with Crippen LogP contribution in [0.2, 0.25) is 0 Å². The second kappa shape index (κ2) is 6.62. The molecule has 1 aliphatic rings. The van der Waals surface area contributed by atoms with Crippen LogP contribution in [0.15, 0.2) is 42.5 Å². The van der Waals surface area contributed by atoms with Crippen LogP contribution in [0.5, 0.6) is 17.2 Å². The molecule has 2 aromatic carbocycles. The lowest BCUT2D eigenvalue weighted by atomic mass is 10.1. The molecule has 2 aromatic rings. The third kappa shape index (κ3) is 3.17. The number of hydrogen-bond acceptors (Lipinski definition) is 6. The quantitative estimate of drug-likeness (QED) is 0.621. The van der Waals surface area contributed by atoms with Gasteiger partial charge in [0.25, 0.3) is 0 Å². The molecule has 124 valence electrons. The van der Waals surface area contributed by atoms with Gasteiger partial charge in [0.2, 0.25) is 12.6 Å². The van der Waals surface area contributed by atoms with E-state index in [9.17, 15) is 9.59 Å². The van der Waals surface area contributed by atoms with Gasteiger partial charge in [-0.05, 0) is 49.4 Å². The predicted molar refractivity (Wildman–Crippen MR) is 84.8 cm³/mol. The highest BCUT2D eigenvalue weighted by molar-refractivity contribution is 6.01. The van der Waals surface area contributed by atoms with Gasteiger partial charge in [0, 0.05) is 5.56 Å². The molecule has 0 fully saturated rings. The molecule has 0 bridgehead atoms. The van der Waals surface area contributed by atoms with Gasteiger partial charge in [-0.1, -0.05) is 0 Å². The molecule has 3 rings (SSSR count). The molecule has 1 aliphatic heterocycles. The number of benzene rings is 2. The van der Waals surface area contributed by atoms with Crippen molar-refractivity contribution in [2.45, 2.75) is 13.0 Å². The molecule has 24 heavy (non-hydrogen) atoms. The van der Waals surface area contributed by atoms with E-state index in [0.29, 0.717) is 28.4 Å². The van der Waals surface area contributed by atoms with Crippen LogP contribution >= 0.6 is 0 Å². The summed E-state index contributed by atoms with van der Waals surface area (Å²) < 4.78 is 20.7. The lowest BCUT2D eigenvalue weighted by molar-refractivity contribution is 0.0318. The molecular weight excluding hydrogens is 312 g/mol. The Bertz CT molecular complexity index is 766. The molecule has 0 N–H and O–H groups in total. The number of Topliss-reactive ketones (excluding diaryl/α,β-unsaturated/α-hetero) is 1. The predicted octanol–water partition coefficient (Wildman–Crippen LogP) is 2.85. The fourth-order valence-corrected chi connectivity index (χ4v) is 2.30. The highest BCUT2D eigenvalue weighted by atomic mass is 16.7. The first-order valence-corrected chi connectivity index (χ1v) is 7.37. The van der Waals surface area contributed by atoms with E-state index in [2.05, 4.69) is 0 Å². The fraction of sp³-hybridized carbons (Fsp3) is 0.222. The zero-order valence-corrected chi connectivity index (χ0v) is 13.3. The van der Waals surface area contributed by atoms with Crippen LogP contribution in [0, 0.1) is 0 Å². The van der Waals surface area contributed by atoms with Crippen LogP contribution in [-0.4, -0.2) is 31.8 Å². The third-order valence-corrected chi connectivity index (χ3v) is 3.64. The summed E-state index contributed by atoms with van der Waals surface area (Å²) in [6.45, 7) is 1.66. The van der Waals surface area contributed by atoms with E-state index in [1.54, 1.807) is 43.5 Å². The summed E-state index contributed by atoms with van der Waals surface area (Å²) in [5.74, 6) is 0.832. The second-order valence-corrected chi connectivity index (χ2v) is 5.21. The Balaban J connectivity index is 1.67. The molecule has 0 saturated carbocycles. The van der Waals surface area contributed by atoms with Gasteiger partial charge in [0.05, 0.1) is 12.7 Å². The molecule has 1 heterocycles. The van der Waals surface area contributed by atoms with E-state index in [0.717, 1.165) is 0 Å². The summed E-state index contributed by atoms with van der Waals surface area (Å²) in [6, 6.07) is 11.4. The van der Waals surface area contributed by atoms with Crippen molar-refractivity contribution < 1.29 is 28.5 Å². The number of fused-ring (bicyclic) bond motifs is 1. The largest absolute Gasteiger partial charge is 0.497 e. The normalized spacial score (nSPS) is 13.2. The first-order valence-electron chi connectivity index (χ1n) is 7.37. The van der Waals surface area contributed by atoms with Gasteiger partial charge in [-0.15, -0.1) is 0 Å². The smallest absolute Gasteiger partial charge is 0.338 e. The van der Waals surface area contributed by atoms with Crippen LogP contribution in [0.4, 0.5) is 0 Å². The summed E-state index contributed by atoms with van der Waals surface area (Å²) >= 11 is 0. The molecule has 0 saturated heterocycles. The first kappa shape index (κ1) is 15.9. The topological polar surface area (TPSA) is 71.1 Å². The molecular formula is C18H16O6. The van der Waals surface area contributed by atoms with Gasteiger partial charge >= 0.3 is 5.97 Å². The second-order valence-electron chi connectivity index (χ2n) is 5.21. The molecule has 6 heteroatoms. The van der Waals surface area contributed by atoms with Crippen molar-refractivity contribution in [3.63, 3.8) is 0 Å². The Kier molecular flexibility index (Phi) is 4.37. The van der Waals surface area contributed by atoms with Gasteiger partial charge in [0.15, 0.2) is 17.6 Å². The van der Waals surface area contributed by atoms with Crippen molar-refractivity contribution >= 4 is 11.8 Å². The summed E-state index contributed by atoms with van der Waals surface area (Å²) in [5, 5.41) is 0. The first-order chi connectivity index (χ1) is 11.6. The van der Waals surface area contributed by atoms with Crippen molar-refractivity contribution in [1.29, 1.82) is 0 Å². The average Bonchev–Trinajstić information content (AvgIpc) is 3.08. The van der Waals surface area contributed by atoms with Crippen LogP contribution in [0.25, 0.3) is 0 Å². The van der Waals surface area contributed by atoms with Crippen LogP contribution in [-0.2, 0) is 4.74 Å². The van der Waals surface area contributed by atoms with Crippen molar-refractivity contribution in [3.8, 4) is 17.2 Å². The van der Waals surface area contributed by atoms with Gasteiger partial charge in [-0.2, -0.15) is 0 Å². The zero-order valence-electron chi connectivity index (χ0n) is 13.3. The van der Waals surface area contributed by atoms with Crippen LogP contribution < -0.4 is 14.2 Å². The molecule has 0 aliphatic carbocycles. The van der Waals surface area contributed by atoms with Crippen molar-refractivity contribution in [2.24, 2.45) is 0 Å². The SMILES string of the molecule is COc1ccc(C(=O)[C@@H](C)OC(=O)c2ccc3c(c2)OCO3)cc1. The van der Waals surface area contributed by atoms with E-state index < -0.39 is 12.1 Å². The van der Waals surface area contributed by atoms with Gasteiger partial charge in [0.1, 0.15) is 5.75 Å². The Labute approximate surface area is 138 Å². The number of esters is 1. The van der Waals surface area contributed by atoms with Crippen LogP contribution in [0.3, 0.4) is 0 Å². The molecule has 0 radical (unpaired) electrons. The number of hydrogen-bond donors (Lipinski definition) is 0. The Morgan fingerprint density at radius 2 is 1.67 bits per heavy atom. The summed E-state index contributed by atoms with van der Waals surface area (Å²) in [6.07, 6.45) is -0.906. The van der Waals surface area contributed by atoms with Crippen molar-refractivity contribution in [1.82, 2.24) is 0 Å². The average molecular weight is 328 g/mol. The number of ether oxygens (including phenoxy) is 4. The van der Waals surface area contributed by atoms with E-state index in [4.69, 9.17) is 18.9 Å². The number of rotatable bonds is 5. The highest BCUT2D eigenvalue weighted by Crippen LogP contribution is 2.32. The van der Waals surface area contributed by atoms with E-state index in [-0.39, 0.29) is 12.6 Å². The van der Waals surface area contributed by atoms with Gasteiger partial charge in [-0.25, -0.2) is 4.79 Å². The molecule has 6 nitrogen and oxygen atoms in total. The Morgan fingerprint density at radius 1 is 1.00 bits per heavy atom. The summed E-state index contributed by atoms with van der Waals surface area (Å²) in [5.41, 5.74) is 0.746. The van der Waals surface area contributed by atoms with E-state index in [1.165, 1.54) is 13.0 Å². The minimum absolute atomic E-state index is 0.125. The molecule has 0 aromatic heterocycles. The van der Waals surface area contributed by atoms with Crippen LogP contribution in [0.1, 0.15) is 27.6 Å². The Hall–Kier alpha value is -3.02. The summed E-state index contributed by atoms with van der Waals surface area (Å²) in [7, 11) is 1.55. The third-order valence-electron chi connectivity index (χ3n) is 3.64. The number of carbonyl (C=O) groups excluding carboxylic acids is 2. The minimum atomic E-state index is -0.906. The molecule has 1 atom stereocenters. The van der Waals surface area contributed by atoms with E-state index in [1.807, 2.05) is 0 Å². The zero-order chi connectivity index (χ0) is 17.1. The monoisotopic (exact) mass is 328 g/mol. The number of methoxy groups -OCH3 is 1. The number of carbonyl (C=O) groups is 2.